The second kappa shape index (κ2) is 11.8. The van der Waals surface area contributed by atoms with Crippen LogP contribution in [0.15, 0.2) is 6.20 Å². The molecule has 0 bridgehead atoms. The Bertz CT molecular complexity index is 424. The Morgan fingerprint density at radius 3 is 2.32 bits per heavy atom. The lowest BCUT2D eigenvalue weighted by atomic mass is 10.1. The Morgan fingerprint density at radius 2 is 1.68 bits per heavy atom. The minimum Gasteiger partial charge on any atom is -0.506 e. The number of hydrogen-bond donors (Lipinski definition) is 2. The lowest BCUT2D eigenvalue weighted by Gasteiger charge is -2.10. The molecule has 0 atom stereocenters. The maximum atomic E-state index is 9.91. The van der Waals surface area contributed by atoms with Crippen LogP contribution in [0.3, 0.4) is 0 Å². The quantitative estimate of drug-likeness (QED) is 0.533. The standard InChI is InChI=1S/C18H31NO2S/c1-3-4-5-6-7-8-9-10-11-22-14-16-12-19-15(2)18(21)17(16)13-20/h12,20-21H,3-11,13-14H2,1-2H3. The molecule has 0 aliphatic rings. The van der Waals surface area contributed by atoms with Crippen LogP contribution in [0.2, 0.25) is 0 Å². The van der Waals surface area contributed by atoms with E-state index in [1.165, 1.54) is 51.4 Å². The number of nitrogens with zero attached hydrogens (tertiary/aromatic N) is 1. The molecule has 1 rings (SSSR count). The topological polar surface area (TPSA) is 53.4 Å². The lowest BCUT2D eigenvalue weighted by molar-refractivity contribution is 0.274. The van der Waals surface area contributed by atoms with Gasteiger partial charge in [-0.25, -0.2) is 0 Å². The van der Waals surface area contributed by atoms with Gasteiger partial charge in [0.25, 0.3) is 0 Å². The highest BCUT2D eigenvalue weighted by atomic mass is 32.2. The second-order valence-corrected chi connectivity index (χ2v) is 6.99. The number of thioether (sulfide) groups is 1. The Labute approximate surface area is 139 Å². The van der Waals surface area contributed by atoms with Crippen molar-refractivity contribution in [3.63, 3.8) is 0 Å². The number of aliphatic hydroxyl groups excluding tert-OH is 1. The average Bonchev–Trinajstić information content (AvgIpc) is 2.52. The van der Waals surface area contributed by atoms with Crippen LogP contribution in [0.4, 0.5) is 0 Å². The predicted molar refractivity (Wildman–Crippen MR) is 95.3 cm³/mol. The number of unbranched alkanes of at least 4 members (excludes halogenated alkanes) is 7. The number of pyridine rings is 1. The molecule has 0 saturated carbocycles. The van der Waals surface area contributed by atoms with Crippen molar-refractivity contribution in [1.82, 2.24) is 4.98 Å². The van der Waals surface area contributed by atoms with Gasteiger partial charge >= 0.3 is 0 Å². The van der Waals surface area contributed by atoms with Gasteiger partial charge < -0.3 is 10.2 Å². The van der Waals surface area contributed by atoms with E-state index in [9.17, 15) is 10.2 Å². The van der Waals surface area contributed by atoms with Crippen molar-refractivity contribution in [1.29, 1.82) is 0 Å². The van der Waals surface area contributed by atoms with Gasteiger partial charge in [0, 0.05) is 17.5 Å². The number of rotatable bonds is 12. The summed E-state index contributed by atoms with van der Waals surface area (Å²) in [5.74, 6) is 2.09. The van der Waals surface area contributed by atoms with E-state index in [1.54, 1.807) is 13.1 Å². The average molecular weight is 326 g/mol. The molecule has 1 heterocycles. The molecule has 0 aliphatic heterocycles. The van der Waals surface area contributed by atoms with Gasteiger partial charge in [-0.3, -0.25) is 4.98 Å². The summed E-state index contributed by atoms with van der Waals surface area (Å²) >= 11 is 1.86. The monoisotopic (exact) mass is 325 g/mol. The molecule has 0 radical (unpaired) electrons. The van der Waals surface area contributed by atoms with Crippen LogP contribution in [-0.2, 0) is 12.4 Å². The van der Waals surface area contributed by atoms with Gasteiger partial charge in [0.1, 0.15) is 5.75 Å². The van der Waals surface area contributed by atoms with Gasteiger partial charge in [-0.1, -0.05) is 51.9 Å². The summed E-state index contributed by atoms with van der Waals surface area (Å²) in [7, 11) is 0. The summed E-state index contributed by atoms with van der Waals surface area (Å²) in [6, 6.07) is 0. The fourth-order valence-corrected chi connectivity index (χ4v) is 3.53. The molecular formula is C18H31NO2S. The van der Waals surface area contributed by atoms with Gasteiger partial charge in [-0.2, -0.15) is 11.8 Å². The Morgan fingerprint density at radius 1 is 1.05 bits per heavy atom. The number of aromatic hydroxyl groups is 1. The molecule has 3 nitrogen and oxygen atoms in total. The molecule has 0 amide bonds. The van der Waals surface area contributed by atoms with Crippen LogP contribution in [0.25, 0.3) is 0 Å². The minimum atomic E-state index is -0.122. The van der Waals surface area contributed by atoms with Crippen molar-refractivity contribution in [3.05, 3.63) is 23.0 Å². The minimum absolute atomic E-state index is 0.122. The third-order valence-electron chi connectivity index (χ3n) is 3.99. The van der Waals surface area contributed by atoms with E-state index in [2.05, 4.69) is 11.9 Å². The first-order chi connectivity index (χ1) is 10.7. The summed E-state index contributed by atoms with van der Waals surface area (Å²) in [6.45, 7) is 3.89. The lowest BCUT2D eigenvalue weighted by Crippen LogP contribution is -1.98. The van der Waals surface area contributed by atoms with E-state index in [4.69, 9.17) is 0 Å². The zero-order chi connectivity index (χ0) is 16.2. The molecule has 0 unspecified atom stereocenters. The van der Waals surface area contributed by atoms with E-state index >= 15 is 0 Å². The number of aliphatic hydroxyl groups is 1. The number of aromatic nitrogens is 1. The van der Waals surface area contributed by atoms with Gasteiger partial charge in [-0.05, 0) is 24.7 Å². The summed E-state index contributed by atoms with van der Waals surface area (Å²) in [5.41, 5.74) is 2.17. The summed E-state index contributed by atoms with van der Waals surface area (Å²) in [4.78, 5) is 4.18. The SMILES string of the molecule is CCCCCCCCCCSCc1cnc(C)c(O)c1CO. The molecule has 4 heteroatoms. The molecule has 126 valence electrons. The largest absolute Gasteiger partial charge is 0.506 e. The number of aryl methyl sites for hydroxylation is 1. The van der Waals surface area contributed by atoms with Crippen LogP contribution in [0.1, 0.15) is 75.1 Å². The third kappa shape index (κ3) is 7.01. The zero-order valence-corrected chi connectivity index (χ0v) is 14.9. The van der Waals surface area contributed by atoms with Crippen molar-refractivity contribution >= 4 is 11.8 Å². The maximum absolute atomic E-state index is 9.91. The van der Waals surface area contributed by atoms with Crippen LogP contribution in [0.5, 0.6) is 5.75 Å². The Hall–Kier alpha value is -0.740. The van der Waals surface area contributed by atoms with Gasteiger partial charge in [0.2, 0.25) is 0 Å². The highest BCUT2D eigenvalue weighted by molar-refractivity contribution is 7.98. The zero-order valence-electron chi connectivity index (χ0n) is 14.1. The van der Waals surface area contributed by atoms with Crippen molar-refractivity contribution in [2.75, 3.05) is 5.75 Å². The Kier molecular flexibility index (Phi) is 10.3. The molecule has 1 aromatic rings. The first kappa shape index (κ1) is 19.3. The first-order valence-corrected chi connectivity index (χ1v) is 9.71. The van der Waals surface area contributed by atoms with Gasteiger partial charge in [0.05, 0.1) is 12.3 Å². The fourth-order valence-electron chi connectivity index (χ4n) is 2.51. The normalized spacial score (nSPS) is 11.0. The molecule has 0 spiro atoms. The van der Waals surface area contributed by atoms with E-state index in [1.807, 2.05) is 11.8 Å². The highest BCUT2D eigenvalue weighted by Gasteiger charge is 2.10. The summed E-state index contributed by atoms with van der Waals surface area (Å²) in [6.07, 6.45) is 12.5. The van der Waals surface area contributed by atoms with Crippen molar-refractivity contribution in [2.24, 2.45) is 0 Å². The Balaban J connectivity index is 2.14. The molecule has 0 aromatic carbocycles. The van der Waals surface area contributed by atoms with Gasteiger partial charge in [0.15, 0.2) is 0 Å². The highest BCUT2D eigenvalue weighted by Crippen LogP contribution is 2.26. The summed E-state index contributed by atoms with van der Waals surface area (Å²) < 4.78 is 0. The van der Waals surface area contributed by atoms with Crippen molar-refractivity contribution in [2.45, 2.75) is 77.6 Å². The predicted octanol–water partition coefficient (Wildman–Crippen LogP) is 4.96. The van der Waals surface area contributed by atoms with E-state index in [-0.39, 0.29) is 12.4 Å². The molecule has 0 aliphatic carbocycles. The first-order valence-electron chi connectivity index (χ1n) is 8.55. The van der Waals surface area contributed by atoms with E-state index in [0.717, 1.165) is 17.1 Å². The van der Waals surface area contributed by atoms with Crippen LogP contribution >= 0.6 is 11.8 Å². The second-order valence-electron chi connectivity index (χ2n) is 5.88. The third-order valence-corrected chi connectivity index (χ3v) is 5.08. The summed E-state index contributed by atoms with van der Waals surface area (Å²) in [5, 5.41) is 19.3. The van der Waals surface area contributed by atoms with Crippen LogP contribution in [0, 0.1) is 6.92 Å². The molecule has 0 saturated heterocycles. The molecule has 2 N–H and O–H groups in total. The van der Waals surface area contributed by atoms with E-state index < -0.39 is 0 Å². The molecule has 22 heavy (non-hydrogen) atoms. The smallest absolute Gasteiger partial charge is 0.142 e. The van der Waals surface area contributed by atoms with E-state index in [0.29, 0.717) is 11.3 Å². The van der Waals surface area contributed by atoms with Crippen molar-refractivity contribution in [3.8, 4) is 5.75 Å². The molecule has 1 aromatic heterocycles. The van der Waals surface area contributed by atoms with Crippen LogP contribution in [-0.4, -0.2) is 20.9 Å². The molecular weight excluding hydrogens is 294 g/mol. The van der Waals surface area contributed by atoms with Gasteiger partial charge in [-0.15, -0.1) is 0 Å². The van der Waals surface area contributed by atoms with Crippen LogP contribution < -0.4 is 0 Å². The fraction of sp³-hybridized carbons (Fsp3) is 0.722. The number of hydrogen-bond acceptors (Lipinski definition) is 4. The van der Waals surface area contributed by atoms with Crippen molar-refractivity contribution < 1.29 is 10.2 Å². The molecule has 0 fully saturated rings. The maximum Gasteiger partial charge on any atom is 0.142 e.